The molecule has 0 bridgehead atoms. The van der Waals surface area contributed by atoms with Crippen molar-refractivity contribution in [2.45, 2.75) is 22.3 Å². The van der Waals surface area contributed by atoms with Crippen LogP contribution in [0.25, 0.3) is 0 Å². The molecule has 0 spiro atoms. The molecule has 21 heavy (non-hydrogen) atoms. The van der Waals surface area contributed by atoms with Gasteiger partial charge in [-0.3, -0.25) is 0 Å². The van der Waals surface area contributed by atoms with Gasteiger partial charge in [0.15, 0.2) is 9.84 Å². The van der Waals surface area contributed by atoms with Crippen LogP contribution in [-0.2, 0) is 19.9 Å². The van der Waals surface area contributed by atoms with E-state index < -0.39 is 19.9 Å². The summed E-state index contributed by atoms with van der Waals surface area (Å²) < 4.78 is 49.4. The molecule has 120 valence electrons. The Bertz CT molecular complexity index is 737. The highest BCUT2D eigenvalue weighted by molar-refractivity contribution is 9.10. The lowest BCUT2D eigenvalue weighted by Crippen LogP contribution is -2.32. The number of nitrogens with two attached hydrogens (primary N) is 1. The van der Waals surface area contributed by atoms with E-state index in [-0.39, 0.29) is 39.3 Å². The summed E-state index contributed by atoms with van der Waals surface area (Å²) in [5, 5.41) is 0. The summed E-state index contributed by atoms with van der Waals surface area (Å²) in [4.78, 5) is 0.125. The standard InChI is InChI=1S/C11H15BrN2O4S2.ClH/c1-19(15,16)9-2-3-11(10(12)6-9)20(17,18)14-5-4-8(13)7-14;/h2-3,6,8H,4-5,7,13H2,1H3;1H. The third kappa shape index (κ3) is 3.96. The molecule has 0 aliphatic carbocycles. The number of sulfonamides is 1. The molecule has 1 atom stereocenters. The normalized spacial score (nSPS) is 20.2. The lowest BCUT2D eigenvalue weighted by Gasteiger charge is -2.17. The van der Waals surface area contributed by atoms with Gasteiger partial charge in [-0.2, -0.15) is 4.31 Å². The van der Waals surface area contributed by atoms with E-state index in [2.05, 4.69) is 15.9 Å². The predicted molar refractivity (Wildman–Crippen MR) is 85.9 cm³/mol. The van der Waals surface area contributed by atoms with Crippen LogP contribution in [0, 0.1) is 0 Å². The highest BCUT2D eigenvalue weighted by atomic mass is 79.9. The van der Waals surface area contributed by atoms with Gasteiger partial charge in [-0.05, 0) is 40.5 Å². The minimum absolute atomic E-state index is 0. The first-order valence-electron chi connectivity index (χ1n) is 5.88. The summed E-state index contributed by atoms with van der Waals surface area (Å²) in [6.07, 6.45) is 1.70. The van der Waals surface area contributed by atoms with E-state index in [0.717, 1.165) is 6.26 Å². The van der Waals surface area contributed by atoms with Gasteiger partial charge in [0.1, 0.15) is 0 Å². The Kier molecular flexibility index (Phi) is 5.85. The molecule has 1 aromatic carbocycles. The van der Waals surface area contributed by atoms with Crippen LogP contribution in [0.5, 0.6) is 0 Å². The molecule has 0 aromatic heterocycles. The fourth-order valence-corrected chi connectivity index (χ4v) is 5.38. The van der Waals surface area contributed by atoms with Crippen molar-refractivity contribution in [3.05, 3.63) is 22.7 Å². The van der Waals surface area contributed by atoms with Crippen molar-refractivity contribution in [1.29, 1.82) is 0 Å². The lowest BCUT2D eigenvalue weighted by atomic mass is 10.3. The van der Waals surface area contributed by atoms with E-state index in [1.165, 1.54) is 22.5 Å². The Labute approximate surface area is 139 Å². The number of hydrogen-bond acceptors (Lipinski definition) is 5. The van der Waals surface area contributed by atoms with Crippen LogP contribution in [0.4, 0.5) is 0 Å². The second-order valence-electron chi connectivity index (χ2n) is 4.78. The first-order valence-corrected chi connectivity index (χ1v) is 10.00. The van der Waals surface area contributed by atoms with Crippen LogP contribution >= 0.6 is 28.3 Å². The first kappa shape index (κ1) is 18.9. The summed E-state index contributed by atoms with van der Waals surface area (Å²) >= 11 is 3.14. The molecule has 10 heteroatoms. The van der Waals surface area contributed by atoms with E-state index in [4.69, 9.17) is 5.73 Å². The molecule has 1 heterocycles. The van der Waals surface area contributed by atoms with Crippen LogP contribution in [0.3, 0.4) is 0 Å². The van der Waals surface area contributed by atoms with Crippen molar-refractivity contribution in [3.8, 4) is 0 Å². The van der Waals surface area contributed by atoms with Crippen molar-refractivity contribution in [3.63, 3.8) is 0 Å². The molecule has 0 radical (unpaired) electrons. The molecule has 6 nitrogen and oxygen atoms in total. The minimum atomic E-state index is -3.65. The molecule has 0 amide bonds. The average Bonchev–Trinajstić information content (AvgIpc) is 2.75. The topological polar surface area (TPSA) is 97.5 Å². The molecule has 1 unspecified atom stereocenters. The SMILES string of the molecule is CS(=O)(=O)c1ccc(S(=O)(=O)N2CCC(N)C2)c(Br)c1.Cl. The lowest BCUT2D eigenvalue weighted by molar-refractivity contribution is 0.472. The van der Waals surface area contributed by atoms with Gasteiger partial charge in [-0.1, -0.05) is 0 Å². The zero-order valence-electron chi connectivity index (χ0n) is 11.2. The number of benzene rings is 1. The second-order valence-corrected chi connectivity index (χ2v) is 9.55. The first-order chi connectivity index (χ1) is 9.12. The Morgan fingerprint density at radius 3 is 2.33 bits per heavy atom. The van der Waals surface area contributed by atoms with Crippen LogP contribution in [0.2, 0.25) is 0 Å². The Hall–Kier alpha value is -0.190. The maximum absolute atomic E-state index is 12.5. The second kappa shape index (κ2) is 6.51. The van der Waals surface area contributed by atoms with Gasteiger partial charge in [0.25, 0.3) is 0 Å². The summed E-state index contributed by atoms with van der Waals surface area (Å²) in [7, 11) is -7.03. The van der Waals surface area contributed by atoms with Crippen LogP contribution in [0.15, 0.2) is 32.5 Å². The molecule has 1 aromatic rings. The van der Waals surface area contributed by atoms with E-state index in [0.29, 0.717) is 13.0 Å². The molecular weight excluding hydrogens is 404 g/mol. The highest BCUT2D eigenvalue weighted by Crippen LogP contribution is 2.29. The van der Waals surface area contributed by atoms with Crippen molar-refractivity contribution >= 4 is 48.2 Å². The molecule has 1 saturated heterocycles. The van der Waals surface area contributed by atoms with Crippen LogP contribution in [0.1, 0.15) is 6.42 Å². The molecule has 2 rings (SSSR count). The third-order valence-corrected chi connectivity index (χ3v) is 7.09. The van der Waals surface area contributed by atoms with Crippen LogP contribution in [-0.4, -0.2) is 46.5 Å². The van der Waals surface area contributed by atoms with Gasteiger partial charge < -0.3 is 5.73 Å². The molecule has 1 aliphatic rings. The monoisotopic (exact) mass is 418 g/mol. The van der Waals surface area contributed by atoms with Gasteiger partial charge in [-0.15, -0.1) is 12.4 Å². The van der Waals surface area contributed by atoms with E-state index >= 15 is 0 Å². The average molecular weight is 420 g/mol. The Morgan fingerprint density at radius 1 is 1.29 bits per heavy atom. The van der Waals surface area contributed by atoms with E-state index in [1.54, 1.807) is 0 Å². The molecular formula is C11H16BrClN2O4S2. The van der Waals surface area contributed by atoms with Gasteiger partial charge in [0.2, 0.25) is 10.0 Å². The number of nitrogens with zero attached hydrogens (tertiary/aromatic N) is 1. The number of hydrogen-bond donors (Lipinski definition) is 1. The van der Waals surface area contributed by atoms with Crippen molar-refractivity contribution in [2.75, 3.05) is 19.3 Å². The maximum Gasteiger partial charge on any atom is 0.244 e. The maximum atomic E-state index is 12.5. The molecule has 2 N–H and O–H groups in total. The zero-order chi connectivity index (χ0) is 15.1. The highest BCUT2D eigenvalue weighted by Gasteiger charge is 2.32. The van der Waals surface area contributed by atoms with Crippen LogP contribution < -0.4 is 5.73 Å². The minimum Gasteiger partial charge on any atom is -0.326 e. The van der Waals surface area contributed by atoms with Crippen molar-refractivity contribution < 1.29 is 16.8 Å². The summed E-state index contributed by atoms with van der Waals surface area (Å²) in [5.74, 6) is 0. The fraction of sp³-hybridized carbons (Fsp3) is 0.455. The number of rotatable bonds is 3. The quantitative estimate of drug-likeness (QED) is 0.788. The smallest absolute Gasteiger partial charge is 0.244 e. The third-order valence-electron chi connectivity index (χ3n) is 3.14. The Balaban J connectivity index is 0.00000220. The molecule has 0 saturated carbocycles. The summed E-state index contributed by atoms with van der Waals surface area (Å²) in [6, 6.07) is 3.75. The van der Waals surface area contributed by atoms with Gasteiger partial charge >= 0.3 is 0 Å². The fourth-order valence-electron chi connectivity index (χ4n) is 2.03. The Morgan fingerprint density at radius 2 is 1.90 bits per heavy atom. The molecule has 1 fully saturated rings. The van der Waals surface area contributed by atoms with Gasteiger partial charge in [0, 0.05) is 29.9 Å². The number of halogens is 2. The molecule has 1 aliphatic heterocycles. The zero-order valence-corrected chi connectivity index (χ0v) is 15.2. The summed E-state index contributed by atoms with van der Waals surface area (Å²) in [6.45, 7) is 0.659. The van der Waals surface area contributed by atoms with Crippen molar-refractivity contribution in [2.24, 2.45) is 5.73 Å². The van der Waals surface area contributed by atoms with E-state index in [1.807, 2.05) is 0 Å². The van der Waals surface area contributed by atoms with Gasteiger partial charge in [-0.25, -0.2) is 16.8 Å². The number of sulfone groups is 1. The van der Waals surface area contributed by atoms with Gasteiger partial charge in [0.05, 0.1) is 9.79 Å². The van der Waals surface area contributed by atoms with Crippen molar-refractivity contribution in [1.82, 2.24) is 4.31 Å². The predicted octanol–water partition coefficient (Wildman–Crippen LogP) is 0.996. The summed E-state index contributed by atoms with van der Waals surface area (Å²) in [5.41, 5.74) is 5.72. The largest absolute Gasteiger partial charge is 0.326 e. The van der Waals surface area contributed by atoms with E-state index in [9.17, 15) is 16.8 Å².